The Kier molecular flexibility index (Phi) is 5.28. The minimum atomic E-state index is -2.18. The molecular formula is C16H24ClN2OPS. The highest BCUT2D eigenvalue weighted by atomic mass is 35.5. The summed E-state index contributed by atoms with van der Waals surface area (Å²) in [4.78, 5) is 0. The average Bonchev–Trinajstić information content (AvgIpc) is 2.76. The lowest BCUT2D eigenvalue weighted by atomic mass is 9.91. The van der Waals surface area contributed by atoms with Gasteiger partial charge in [0.25, 0.3) is 0 Å². The summed E-state index contributed by atoms with van der Waals surface area (Å²) >= 11 is 12.3. The molecule has 1 saturated heterocycles. The monoisotopic (exact) mass is 358 g/mol. The van der Waals surface area contributed by atoms with Gasteiger partial charge in [0.1, 0.15) is 6.10 Å². The van der Waals surface area contributed by atoms with Gasteiger partial charge in [-0.15, -0.1) is 11.6 Å². The van der Waals surface area contributed by atoms with Gasteiger partial charge >= 0.3 is 0 Å². The van der Waals surface area contributed by atoms with Crippen molar-refractivity contribution in [1.82, 2.24) is 9.34 Å². The summed E-state index contributed by atoms with van der Waals surface area (Å²) < 4.78 is 11.2. The zero-order valence-corrected chi connectivity index (χ0v) is 15.7. The van der Waals surface area contributed by atoms with Crippen molar-refractivity contribution >= 4 is 30.0 Å². The third-order valence-corrected chi connectivity index (χ3v) is 9.83. The van der Waals surface area contributed by atoms with Crippen LogP contribution >= 0.6 is 18.2 Å². The minimum absolute atomic E-state index is 0.140. The van der Waals surface area contributed by atoms with Gasteiger partial charge in [-0.25, -0.2) is 9.34 Å². The van der Waals surface area contributed by atoms with Crippen LogP contribution in [0.25, 0.3) is 0 Å². The largest absolute Gasteiger partial charge is 0.317 e. The first kappa shape index (κ1) is 16.9. The normalized spacial score (nSPS) is 30.1. The van der Waals surface area contributed by atoms with Crippen molar-refractivity contribution in [2.45, 2.75) is 43.9 Å². The van der Waals surface area contributed by atoms with Gasteiger partial charge in [-0.1, -0.05) is 43.2 Å². The molecule has 22 heavy (non-hydrogen) atoms. The third-order valence-electron chi connectivity index (χ3n) is 5.03. The molecule has 3 rings (SSSR count). The van der Waals surface area contributed by atoms with Crippen molar-refractivity contribution in [1.29, 1.82) is 0 Å². The second-order valence-corrected chi connectivity index (χ2v) is 10.4. The van der Waals surface area contributed by atoms with Crippen LogP contribution in [0.4, 0.5) is 0 Å². The van der Waals surface area contributed by atoms with Gasteiger partial charge in [0.05, 0.1) is 5.88 Å². The lowest BCUT2D eigenvalue weighted by Crippen LogP contribution is -2.37. The number of halogens is 1. The average molecular weight is 359 g/mol. The Morgan fingerprint density at radius 3 is 2.23 bits per heavy atom. The van der Waals surface area contributed by atoms with Gasteiger partial charge in [0.2, 0.25) is 6.57 Å². The van der Waals surface area contributed by atoms with E-state index in [1.54, 1.807) is 0 Å². The van der Waals surface area contributed by atoms with Crippen LogP contribution in [0.2, 0.25) is 0 Å². The molecule has 6 heteroatoms. The molecule has 1 aromatic carbocycles. The molecule has 1 heterocycles. The molecule has 3 nitrogen and oxygen atoms in total. The van der Waals surface area contributed by atoms with E-state index < -0.39 is 6.57 Å². The third kappa shape index (κ3) is 2.90. The number of hydrogen-bond donors (Lipinski definition) is 0. The van der Waals surface area contributed by atoms with Crippen LogP contribution < -0.4 is 0 Å². The molecule has 122 valence electrons. The lowest BCUT2D eigenvalue weighted by Gasteiger charge is -2.33. The molecular weight excluding hydrogens is 335 g/mol. The second-order valence-electron chi connectivity index (χ2n) is 6.22. The molecule has 1 aliphatic carbocycles. The molecule has 0 unspecified atom stereocenters. The van der Waals surface area contributed by atoms with E-state index in [0.717, 1.165) is 5.56 Å². The molecule has 0 amide bonds. The zero-order chi connectivity index (χ0) is 15.7. The van der Waals surface area contributed by atoms with Crippen molar-refractivity contribution < 1.29 is 4.52 Å². The Bertz CT molecular complexity index is 536. The van der Waals surface area contributed by atoms with Crippen molar-refractivity contribution in [2.75, 3.05) is 20.0 Å². The smallest absolute Gasteiger partial charge is 0.204 e. The number of likely N-dealkylation sites (N-methyl/N-ethyl adjacent to an activating group) is 2. The van der Waals surface area contributed by atoms with E-state index in [1.807, 2.05) is 18.2 Å². The Hall–Kier alpha value is 0.0400. The summed E-state index contributed by atoms with van der Waals surface area (Å²) in [6, 6.07) is 11.3. The number of benzene rings is 1. The maximum Gasteiger partial charge on any atom is 0.204 e. The van der Waals surface area contributed by atoms with Crippen LogP contribution in [0, 0.1) is 0 Å². The standard InChI is InChI=1S/C16H24ClN2OPS/c1-18-14-10-6-7-11-15(14)19(2)21(18,22)20-16(12-17)13-8-4-3-5-9-13/h3-5,8-9,14-16H,6-7,10-12H2,1-2H3/t14-,15-,16-/m1/s1. The lowest BCUT2D eigenvalue weighted by molar-refractivity contribution is 0.224. The number of alkyl halides is 1. The minimum Gasteiger partial charge on any atom is -0.317 e. The Labute approximate surface area is 143 Å². The van der Waals surface area contributed by atoms with Crippen LogP contribution in [-0.2, 0) is 16.3 Å². The van der Waals surface area contributed by atoms with Crippen LogP contribution in [-0.4, -0.2) is 41.4 Å². The maximum atomic E-state index is 6.50. The SMILES string of the molecule is CN1[C@@H]2CCCC[C@H]2N(C)P1(=S)O[C@H](CCl)c1ccccc1. The van der Waals surface area contributed by atoms with Crippen molar-refractivity contribution in [2.24, 2.45) is 0 Å². The quantitative estimate of drug-likeness (QED) is 0.585. The number of nitrogens with zero attached hydrogens (tertiary/aromatic N) is 2. The van der Waals surface area contributed by atoms with E-state index in [4.69, 9.17) is 27.9 Å². The van der Waals surface area contributed by atoms with E-state index in [0.29, 0.717) is 18.0 Å². The topological polar surface area (TPSA) is 15.7 Å². The van der Waals surface area contributed by atoms with Crippen LogP contribution in [0.5, 0.6) is 0 Å². The fraction of sp³-hybridized carbons (Fsp3) is 0.625. The molecule has 0 bridgehead atoms. The van der Waals surface area contributed by atoms with E-state index >= 15 is 0 Å². The fourth-order valence-corrected chi connectivity index (χ4v) is 7.65. The van der Waals surface area contributed by atoms with Gasteiger partial charge < -0.3 is 4.52 Å². The van der Waals surface area contributed by atoms with Gasteiger partial charge in [0.15, 0.2) is 0 Å². The van der Waals surface area contributed by atoms with Crippen LogP contribution in [0.3, 0.4) is 0 Å². The Morgan fingerprint density at radius 2 is 1.73 bits per heavy atom. The molecule has 1 saturated carbocycles. The van der Waals surface area contributed by atoms with Gasteiger partial charge in [-0.3, -0.25) is 0 Å². The molecule has 1 aliphatic heterocycles. The van der Waals surface area contributed by atoms with E-state index in [9.17, 15) is 0 Å². The zero-order valence-electron chi connectivity index (χ0n) is 13.2. The molecule has 1 aromatic rings. The molecule has 0 N–H and O–H groups in total. The molecule has 0 radical (unpaired) electrons. The Balaban J connectivity index is 1.84. The highest BCUT2D eigenvalue weighted by Gasteiger charge is 2.50. The predicted octanol–water partition coefficient (Wildman–Crippen LogP) is 4.40. The summed E-state index contributed by atoms with van der Waals surface area (Å²) in [5, 5.41) is 0. The molecule has 0 aromatic heterocycles. The second kappa shape index (κ2) is 6.88. The Morgan fingerprint density at radius 1 is 1.18 bits per heavy atom. The summed E-state index contributed by atoms with van der Waals surface area (Å²) in [6.45, 7) is -2.18. The van der Waals surface area contributed by atoms with Crippen molar-refractivity contribution in [3.63, 3.8) is 0 Å². The molecule has 2 fully saturated rings. The molecule has 3 atom stereocenters. The number of rotatable bonds is 4. The highest BCUT2D eigenvalue weighted by Crippen LogP contribution is 2.64. The summed E-state index contributed by atoms with van der Waals surface area (Å²) in [5.41, 5.74) is 1.11. The number of fused-ring (bicyclic) bond motifs is 1. The first-order valence-electron chi connectivity index (χ1n) is 7.94. The predicted molar refractivity (Wildman–Crippen MR) is 96.8 cm³/mol. The first-order valence-corrected chi connectivity index (χ1v) is 11.1. The molecule has 0 spiro atoms. The molecule has 2 aliphatic rings. The summed E-state index contributed by atoms with van der Waals surface area (Å²) in [7, 11) is 4.28. The van der Waals surface area contributed by atoms with Crippen molar-refractivity contribution in [3.8, 4) is 0 Å². The summed E-state index contributed by atoms with van der Waals surface area (Å²) in [6.07, 6.45) is 4.91. The first-order chi connectivity index (χ1) is 10.6. The van der Waals surface area contributed by atoms with E-state index in [2.05, 4.69) is 35.6 Å². The fourth-order valence-electron chi connectivity index (χ4n) is 3.72. The summed E-state index contributed by atoms with van der Waals surface area (Å²) in [5.74, 6) is 0.430. The van der Waals surface area contributed by atoms with E-state index in [1.165, 1.54) is 25.7 Å². The highest BCUT2D eigenvalue weighted by molar-refractivity contribution is 8.10. The van der Waals surface area contributed by atoms with Gasteiger partial charge in [0, 0.05) is 12.1 Å². The van der Waals surface area contributed by atoms with Crippen LogP contribution in [0.15, 0.2) is 30.3 Å². The van der Waals surface area contributed by atoms with Crippen molar-refractivity contribution in [3.05, 3.63) is 35.9 Å². The van der Waals surface area contributed by atoms with Crippen LogP contribution in [0.1, 0.15) is 37.4 Å². The van der Waals surface area contributed by atoms with E-state index in [-0.39, 0.29) is 6.10 Å². The van der Waals surface area contributed by atoms with Gasteiger partial charge in [-0.05, 0) is 44.3 Å². The number of hydrogen-bond acceptors (Lipinski definition) is 2. The maximum absolute atomic E-state index is 6.50. The van der Waals surface area contributed by atoms with Gasteiger partial charge in [-0.2, -0.15) is 0 Å².